The maximum Gasteiger partial charge on any atom is 0.210 e. The maximum atomic E-state index is 11.7. The van der Waals surface area contributed by atoms with Crippen molar-refractivity contribution in [2.45, 2.75) is 0 Å². The van der Waals surface area contributed by atoms with E-state index in [1.54, 1.807) is 24.5 Å². The molecule has 6 heteroatoms. The fraction of sp³-hybridized carbons (Fsp3) is 0.0909. The lowest BCUT2D eigenvalue weighted by molar-refractivity contribution is 0.0925. The van der Waals surface area contributed by atoms with Crippen LogP contribution in [0.4, 0.5) is 0 Å². The molecule has 0 saturated carbocycles. The molecule has 2 aromatic heterocycles. The number of carbonyl (C=O) groups excluding carboxylic acids is 1. The molecule has 0 N–H and O–H groups in total. The van der Waals surface area contributed by atoms with Crippen molar-refractivity contribution < 1.29 is 9.53 Å². The monoisotopic (exact) mass is 375 g/mol. The molecule has 0 bridgehead atoms. The molecule has 2 heterocycles. The molecule has 0 amide bonds. The topological polar surface area (TPSA) is 39.2 Å². The standard InChI is InChI=1S/C11H7Br2NO2S/c12-7-3-8(5-14-4-7)16-6-9(15)10-1-2-11(13)17-10/h1-5H,6H2. The van der Waals surface area contributed by atoms with Gasteiger partial charge in [-0.1, -0.05) is 0 Å². The Morgan fingerprint density at radius 3 is 2.82 bits per heavy atom. The highest BCUT2D eigenvalue weighted by Crippen LogP contribution is 2.23. The van der Waals surface area contributed by atoms with E-state index in [4.69, 9.17) is 4.74 Å². The first-order chi connectivity index (χ1) is 8.15. The van der Waals surface area contributed by atoms with E-state index in [2.05, 4.69) is 36.8 Å². The van der Waals surface area contributed by atoms with E-state index in [9.17, 15) is 4.79 Å². The Bertz CT molecular complexity index is 542. The summed E-state index contributed by atoms with van der Waals surface area (Å²) in [5.41, 5.74) is 0. The average molecular weight is 377 g/mol. The zero-order chi connectivity index (χ0) is 12.3. The molecule has 0 aliphatic carbocycles. The Balaban J connectivity index is 1.97. The summed E-state index contributed by atoms with van der Waals surface area (Å²) < 4.78 is 7.12. The van der Waals surface area contributed by atoms with E-state index in [1.807, 2.05) is 6.07 Å². The van der Waals surface area contributed by atoms with E-state index < -0.39 is 0 Å². The van der Waals surface area contributed by atoms with Crippen molar-refractivity contribution in [3.63, 3.8) is 0 Å². The lowest BCUT2D eigenvalue weighted by atomic mass is 10.3. The molecule has 3 nitrogen and oxygen atoms in total. The second-order valence-corrected chi connectivity index (χ2v) is 6.53. The summed E-state index contributed by atoms with van der Waals surface area (Å²) in [6.45, 7) is 0.0189. The summed E-state index contributed by atoms with van der Waals surface area (Å²) >= 11 is 8.00. The van der Waals surface area contributed by atoms with Crippen molar-refractivity contribution in [2.24, 2.45) is 0 Å². The van der Waals surface area contributed by atoms with E-state index >= 15 is 0 Å². The molecule has 2 aromatic rings. The summed E-state index contributed by atoms with van der Waals surface area (Å²) in [6.07, 6.45) is 3.23. The predicted octanol–water partition coefficient (Wildman–Crippen LogP) is 3.93. The van der Waals surface area contributed by atoms with Crippen molar-refractivity contribution in [1.29, 1.82) is 0 Å². The quantitative estimate of drug-likeness (QED) is 0.759. The van der Waals surface area contributed by atoms with Gasteiger partial charge in [0.05, 0.1) is 14.9 Å². The van der Waals surface area contributed by atoms with Crippen LogP contribution in [0.3, 0.4) is 0 Å². The lowest BCUT2D eigenvalue weighted by Gasteiger charge is -2.03. The first kappa shape index (κ1) is 12.7. The van der Waals surface area contributed by atoms with Crippen LogP contribution in [0.25, 0.3) is 0 Å². The largest absolute Gasteiger partial charge is 0.484 e. The van der Waals surface area contributed by atoms with Crippen LogP contribution in [0.5, 0.6) is 5.75 Å². The molecule has 88 valence electrons. The summed E-state index contributed by atoms with van der Waals surface area (Å²) in [5, 5.41) is 0. The summed E-state index contributed by atoms with van der Waals surface area (Å²) in [6, 6.07) is 5.39. The molecule has 0 aromatic carbocycles. The third-order valence-electron chi connectivity index (χ3n) is 1.90. The van der Waals surface area contributed by atoms with Gasteiger partial charge in [-0.25, -0.2) is 0 Å². The minimum Gasteiger partial charge on any atom is -0.484 e. The molecule has 0 aliphatic rings. The van der Waals surface area contributed by atoms with Gasteiger partial charge in [-0.2, -0.15) is 0 Å². The van der Waals surface area contributed by atoms with Crippen LogP contribution in [-0.4, -0.2) is 17.4 Å². The molecule has 0 aliphatic heterocycles. The van der Waals surface area contributed by atoms with Gasteiger partial charge < -0.3 is 4.74 Å². The Morgan fingerprint density at radius 1 is 1.35 bits per heavy atom. The van der Waals surface area contributed by atoms with Crippen LogP contribution < -0.4 is 4.74 Å². The zero-order valence-electron chi connectivity index (χ0n) is 8.52. The number of carbonyl (C=O) groups is 1. The number of thiophene rings is 1. The highest BCUT2D eigenvalue weighted by atomic mass is 79.9. The smallest absolute Gasteiger partial charge is 0.210 e. The maximum absolute atomic E-state index is 11.7. The molecule has 0 fully saturated rings. The molecule has 2 rings (SSSR count). The van der Waals surface area contributed by atoms with E-state index in [1.165, 1.54) is 11.3 Å². The number of halogens is 2. The van der Waals surface area contributed by atoms with Crippen LogP contribution in [0.1, 0.15) is 9.67 Å². The molecule has 17 heavy (non-hydrogen) atoms. The number of hydrogen-bond donors (Lipinski definition) is 0. The van der Waals surface area contributed by atoms with Gasteiger partial charge in [-0.3, -0.25) is 9.78 Å². The molecule has 0 saturated heterocycles. The fourth-order valence-corrected chi connectivity index (χ4v) is 2.81. The first-order valence-corrected chi connectivity index (χ1v) is 7.07. The predicted molar refractivity (Wildman–Crippen MR) is 73.8 cm³/mol. The number of ether oxygens (including phenoxy) is 1. The van der Waals surface area contributed by atoms with Crippen LogP contribution >= 0.6 is 43.2 Å². The molecular formula is C11H7Br2NO2S. The van der Waals surface area contributed by atoms with Crippen LogP contribution in [0, 0.1) is 0 Å². The van der Waals surface area contributed by atoms with Gasteiger partial charge in [0.15, 0.2) is 6.61 Å². The van der Waals surface area contributed by atoms with E-state index in [0.29, 0.717) is 10.6 Å². The Hall–Kier alpha value is -0.720. The number of nitrogens with zero attached hydrogens (tertiary/aromatic N) is 1. The van der Waals surface area contributed by atoms with E-state index in [-0.39, 0.29) is 12.4 Å². The van der Waals surface area contributed by atoms with Gasteiger partial charge in [0.25, 0.3) is 0 Å². The van der Waals surface area contributed by atoms with Gasteiger partial charge in [0.2, 0.25) is 5.78 Å². The highest BCUT2D eigenvalue weighted by Gasteiger charge is 2.09. The summed E-state index contributed by atoms with van der Waals surface area (Å²) in [4.78, 5) is 16.4. The van der Waals surface area contributed by atoms with Crippen LogP contribution in [-0.2, 0) is 0 Å². The molecular weight excluding hydrogens is 370 g/mol. The van der Waals surface area contributed by atoms with E-state index in [0.717, 1.165) is 8.26 Å². The van der Waals surface area contributed by atoms with Crippen LogP contribution in [0.2, 0.25) is 0 Å². The minimum absolute atomic E-state index is 0.0189. The Morgan fingerprint density at radius 2 is 2.18 bits per heavy atom. The number of ketones is 1. The normalized spacial score (nSPS) is 10.2. The van der Waals surface area contributed by atoms with Gasteiger partial charge in [-0.05, 0) is 50.1 Å². The number of hydrogen-bond acceptors (Lipinski definition) is 4. The minimum atomic E-state index is -0.0410. The van der Waals surface area contributed by atoms with Gasteiger partial charge in [0.1, 0.15) is 5.75 Å². The zero-order valence-corrected chi connectivity index (χ0v) is 12.5. The third kappa shape index (κ3) is 3.62. The fourth-order valence-electron chi connectivity index (χ4n) is 1.16. The van der Waals surface area contributed by atoms with Crippen molar-refractivity contribution in [3.8, 4) is 5.75 Å². The van der Waals surface area contributed by atoms with Gasteiger partial charge in [-0.15, -0.1) is 11.3 Å². The highest BCUT2D eigenvalue weighted by molar-refractivity contribution is 9.11. The Kier molecular flexibility index (Phi) is 4.31. The van der Waals surface area contributed by atoms with Crippen molar-refractivity contribution >= 4 is 49.0 Å². The summed E-state index contributed by atoms with van der Waals surface area (Å²) in [5.74, 6) is 0.532. The average Bonchev–Trinajstić information content (AvgIpc) is 2.73. The van der Waals surface area contributed by atoms with Crippen molar-refractivity contribution in [1.82, 2.24) is 4.98 Å². The number of Topliss-reactive ketones (excluding diaryl/α,β-unsaturated/α-hetero) is 1. The number of pyridine rings is 1. The van der Waals surface area contributed by atoms with Crippen LogP contribution in [0.15, 0.2) is 38.9 Å². The first-order valence-electron chi connectivity index (χ1n) is 4.67. The second-order valence-electron chi connectivity index (χ2n) is 3.15. The van der Waals surface area contributed by atoms with Crippen molar-refractivity contribution in [3.05, 3.63) is 43.7 Å². The second kappa shape index (κ2) is 5.75. The molecule has 0 unspecified atom stereocenters. The number of rotatable bonds is 4. The molecule has 0 radical (unpaired) electrons. The summed E-state index contributed by atoms with van der Waals surface area (Å²) in [7, 11) is 0. The SMILES string of the molecule is O=C(COc1cncc(Br)c1)c1ccc(Br)s1. The molecule has 0 atom stereocenters. The molecule has 0 spiro atoms. The van der Waals surface area contributed by atoms with Crippen molar-refractivity contribution in [2.75, 3.05) is 6.61 Å². The third-order valence-corrected chi connectivity index (χ3v) is 4.00. The van der Waals surface area contributed by atoms with Gasteiger partial charge in [0, 0.05) is 10.7 Å². The van der Waals surface area contributed by atoms with Gasteiger partial charge >= 0.3 is 0 Å². The Labute approximate surface area is 119 Å². The lowest BCUT2D eigenvalue weighted by Crippen LogP contribution is -2.10. The number of aromatic nitrogens is 1.